The third-order valence-corrected chi connectivity index (χ3v) is 4.20. The minimum Gasteiger partial charge on any atom is -0.472 e. The van der Waals surface area contributed by atoms with Gasteiger partial charge in [0.05, 0.1) is 12.5 Å². The van der Waals surface area contributed by atoms with Crippen LogP contribution < -0.4 is 5.32 Å². The summed E-state index contributed by atoms with van der Waals surface area (Å²) in [5, 5.41) is 3.64. The van der Waals surface area contributed by atoms with Crippen molar-refractivity contribution in [1.29, 1.82) is 0 Å². The van der Waals surface area contributed by atoms with Gasteiger partial charge in [-0.3, -0.25) is 0 Å². The van der Waals surface area contributed by atoms with E-state index >= 15 is 0 Å². The predicted octanol–water partition coefficient (Wildman–Crippen LogP) is 4.15. The van der Waals surface area contributed by atoms with Crippen molar-refractivity contribution in [2.75, 3.05) is 6.54 Å². The Morgan fingerprint density at radius 2 is 2.29 bits per heavy atom. The van der Waals surface area contributed by atoms with Gasteiger partial charge in [-0.05, 0) is 37.3 Å². The molecule has 0 aliphatic heterocycles. The fourth-order valence-electron chi connectivity index (χ4n) is 3.23. The first kappa shape index (κ1) is 12.7. The molecule has 1 saturated carbocycles. The zero-order chi connectivity index (χ0) is 12.1. The van der Waals surface area contributed by atoms with Gasteiger partial charge in [-0.1, -0.05) is 33.1 Å². The first-order chi connectivity index (χ1) is 8.35. The molecule has 0 aromatic carbocycles. The molecule has 3 atom stereocenters. The molecule has 3 unspecified atom stereocenters. The SMILES string of the molecule is CCNC(c1ccoc1)C1CCCC(CC)C1. The van der Waals surface area contributed by atoms with Gasteiger partial charge in [0.2, 0.25) is 0 Å². The van der Waals surface area contributed by atoms with Gasteiger partial charge in [-0.2, -0.15) is 0 Å². The van der Waals surface area contributed by atoms with E-state index in [-0.39, 0.29) is 0 Å². The predicted molar refractivity (Wildman–Crippen MR) is 70.9 cm³/mol. The van der Waals surface area contributed by atoms with Crippen LogP contribution in [0.15, 0.2) is 23.0 Å². The Kier molecular flexibility index (Phi) is 4.66. The highest BCUT2D eigenvalue weighted by Crippen LogP contribution is 2.38. The van der Waals surface area contributed by atoms with E-state index in [1.165, 1.54) is 37.7 Å². The fourth-order valence-corrected chi connectivity index (χ4v) is 3.23. The molecule has 17 heavy (non-hydrogen) atoms. The Labute approximate surface area is 105 Å². The Bertz CT molecular complexity index is 307. The molecule has 1 N–H and O–H groups in total. The zero-order valence-electron chi connectivity index (χ0n) is 11.1. The van der Waals surface area contributed by atoms with Crippen LogP contribution in [0.3, 0.4) is 0 Å². The van der Waals surface area contributed by atoms with Crippen LogP contribution in [0.2, 0.25) is 0 Å². The van der Waals surface area contributed by atoms with Gasteiger partial charge in [0.15, 0.2) is 0 Å². The number of furan rings is 1. The summed E-state index contributed by atoms with van der Waals surface area (Å²) in [6.07, 6.45) is 10.6. The maximum Gasteiger partial charge on any atom is 0.0950 e. The van der Waals surface area contributed by atoms with E-state index in [0.717, 1.165) is 18.4 Å². The molecule has 0 amide bonds. The molecule has 1 heterocycles. The smallest absolute Gasteiger partial charge is 0.0950 e. The number of nitrogens with one attached hydrogen (secondary N) is 1. The average Bonchev–Trinajstić information content (AvgIpc) is 2.89. The third-order valence-electron chi connectivity index (χ3n) is 4.20. The Morgan fingerprint density at radius 1 is 1.41 bits per heavy atom. The molecule has 1 aliphatic rings. The van der Waals surface area contributed by atoms with Crippen LogP contribution in [-0.2, 0) is 0 Å². The van der Waals surface area contributed by atoms with Crippen LogP contribution >= 0.6 is 0 Å². The van der Waals surface area contributed by atoms with Crippen LogP contribution in [0, 0.1) is 11.8 Å². The van der Waals surface area contributed by atoms with E-state index in [0.29, 0.717) is 6.04 Å². The van der Waals surface area contributed by atoms with Crippen molar-refractivity contribution in [2.45, 2.75) is 52.0 Å². The number of hydrogen-bond acceptors (Lipinski definition) is 2. The first-order valence-electron chi connectivity index (χ1n) is 7.10. The van der Waals surface area contributed by atoms with E-state index in [1.54, 1.807) is 6.26 Å². The van der Waals surface area contributed by atoms with Gasteiger partial charge in [0, 0.05) is 11.6 Å². The summed E-state index contributed by atoms with van der Waals surface area (Å²) in [4.78, 5) is 0. The Morgan fingerprint density at radius 3 is 2.94 bits per heavy atom. The van der Waals surface area contributed by atoms with Crippen molar-refractivity contribution in [3.8, 4) is 0 Å². The third kappa shape index (κ3) is 3.12. The lowest BCUT2D eigenvalue weighted by Gasteiger charge is -2.34. The lowest BCUT2D eigenvalue weighted by molar-refractivity contribution is 0.210. The second-order valence-electron chi connectivity index (χ2n) is 5.29. The highest BCUT2D eigenvalue weighted by Gasteiger charge is 2.28. The van der Waals surface area contributed by atoms with Crippen molar-refractivity contribution in [3.05, 3.63) is 24.2 Å². The molecule has 0 radical (unpaired) electrons. The van der Waals surface area contributed by atoms with E-state index < -0.39 is 0 Å². The summed E-state index contributed by atoms with van der Waals surface area (Å²) in [5.41, 5.74) is 1.33. The molecule has 0 saturated heterocycles. The molecular weight excluding hydrogens is 210 g/mol. The molecule has 2 rings (SSSR count). The Balaban J connectivity index is 2.05. The van der Waals surface area contributed by atoms with E-state index in [1.807, 2.05) is 6.26 Å². The minimum atomic E-state index is 0.494. The second-order valence-corrected chi connectivity index (χ2v) is 5.29. The van der Waals surface area contributed by atoms with Crippen molar-refractivity contribution in [1.82, 2.24) is 5.32 Å². The molecule has 1 fully saturated rings. The molecule has 0 spiro atoms. The van der Waals surface area contributed by atoms with Crippen molar-refractivity contribution in [2.24, 2.45) is 11.8 Å². The van der Waals surface area contributed by atoms with Crippen molar-refractivity contribution < 1.29 is 4.42 Å². The van der Waals surface area contributed by atoms with Crippen molar-refractivity contribution >= 4 is 0 Å². The largest absolute Gasteiger partial charge is 0.472 e. The van der Waals surface area contributed by atoms with Crippen LogP contribution in [0.25, 0.3) is 0 Å². The van der Waals surface area contributed by atoms with E-state index in [2.05, 4.69) is 25.2 Å². The standard InChI is InChI=1S/C15H25NO/c1-3-12-6-5-7-13(10-12)15(16-4-2)14-8-9-17-11-14/h8-9,11-13,15-16H,3-7,10H2,1-2H3. The van der Waals surface area contributed by atoms with Gasteiger partial charge in [-0.25, -0.2) is 0 Å². The Hall–Kier alpha value is -0.760. The molecule has 2 heteroatoms. The summed E-state index contributed by atoms with van der Waals surface area (Å²) in [6.45, 7) is 5.55. The number of rotatable bonds is 5. The normalized spacial score (nSPS) is 26.9. The lowest BCUT2D eigenvalue weighted by Crippen LogP contribution is -2.31. The van der Waals surface area contributed by atoms with E-state index in [4.69, 9.17) is 4.42 Å². The van der Waals surface area contributed by atoms with Crippen LogP contribution in [0.5, 0.6) is 0 Å². The lowest BCUT2D eigenvalue weighted by atomic mass is 9.75. The van der Waals surface area contributed by atoms with Gasteiger partial charge in [0.25, 0.3) is 0 Å². The molecule has 1 aliphatic carbocycles. The van der Waals surface area contributed by atoms with Gasteiger partial charge in [0.1, 0.15) is 0 Å². The molecule has 96 valence electrons. The van der Waals surface area contributed by atoms with Crippen LogP contribution in [0.4, 0.5) is 0 Å². The molecule has 2 nitrogen and oxygen atoms in total. The van der Waals surface area contributed by atoms with Crippen LogP contribution in [-0.4, -0.2) is 6.54 Å². The second kappa shape index (κ2) is 6.25. The number of hydrogen-bond donors (Lipinski definition) is 1. The highest BCUT2D eigenvalue weighted by molar-refractivity contribution is 5.13. The summed E-state index contributed by atoms with van der Waals surface area (Å²) in [7, 11) is 0. The topological polar surface area (TPSA) is 25.2 Å². The monoisotopic (exact) mass is 235 g/mol. The molecular formula is C15H25NO. The highest BCUT2D eigenvalue weighted by atomic mass is 16.3. The van der Waals surface area contributed by atoms with Gasteiger partial charge >= 0.3 is 0 Å². The maximum absolute atomic E-state index is 5.25. The summed E-state index contributed by atoms with van der Waals surface area (Å²) in [6, 6.07) is 2.61. The average molecular weight is 235 g/mol. The van der Waals surface area contributed by atoms with Crippen molar-refractivity contribution in [3.63, 3.8) is 0 Å². The first-order valence-corrected chi connectivity index (χ1v) is 7.10. The summed E-state index contributed by atoms with van der Waals surface area (Å²) < 4.78 is 5.25. The zero-order valence-corrected chi connectivity index (χ0v) is 11.1. The maximum atomic E-state index is 5.25. The van der Waals surface area contributed by atoms with E-state index in [9.17, 15) is 0 Å². The summed E-state index contributed by atoms with van der Waals surface area (Å²) >= 11 is 0. The quantitative estimate of drug-likeness (QED) is 0.829. The molecule has 1 aromatic rings. The fraction of sp³-hybridized carbons (Fsp3) is 0.733. The van der Waals surface area contributed by atoms with Crippen LogP contribution in [0.1, 0.15) is 57.6 Å². The molecule has 1 aromatic heterocycles. The summed E-state index contributed by atoms with van der Waals surface area (Å²) in [5.74, 6) is 1.72. The van der Waals surface area contributed by atoms with Gasteiger partial charge < -0.3 is 9.73 Å². The molecule has 0 bridgehead atoms. The van der Waals surface area contributed by atoms with Gasteiger partial charge in [-0.15, -0.1) is 0 Å². The minimum absolute atomic E-state index is 0.494.